The van der Waals surface area contributed by atoms with E-state index in [0.717, 1.165) is 16.9 Å². The summed E-state index contributed by atoms with van der Waals surface area (Å²) < 4.78 is 10.9. The van der Waals surface area contributed by atoms with Crippen LogP contribution >= 0.6 is 0 Å². The molecular formula is C20H25NO3. The minimum absolute atomic E-state index is 0.103. The fourth-order valence-electron chi connectivity index (χ4n) is 2.35. The maximum Gasteiger partial charge on any atom is 0.261 e. The second-order valence-electron chi connectivity index (χ2n) is 6.01. The molecule has 0 aromatic heterocycles. The van der Waals surface area contributed by atoms with E-state index in [9.17, 15) is 4.79 Å². The van der Waals surface area contributed by atoms with Gasteiger partial charge in [-0.3, -0.25) is 4.79 Å². The number of carbonyl (C=O) groups is 1. The lowest BCUT2D eigenvalue weighted by atomic mass is 10.1. The lowest BCUT2D eigenvalue weighted by molar-refractivity contribution is -0.127. The number of aryl methyl sites for hydroxylation is 2. The molecule has 1 amide bonds. The van der Waals surface area contributed by atoms with E-state index >= 15 is 0 Å². The van der Waals surface area contributed by atoms with Crippen LogP contribution in [0, 0.1) is 13.8 Å². The largest absolute Gasteiger partial charge is 0.497 e. The van der Waals surface area contributed by atoms with Gasteiger partial charge in [-0.15, -0.1) is 0 Å². The normalized spacial score (nSPS) is 13.0. The standard InChI is InChI=1S/C20H25NO3/c1-13-6-9-19(12-14(13)2)24-16(4)20(22)21-15(3)17-7-10-18(23-5)11-8-17/h6-12,15-16H,1-5H3,(H,21,22)/t15-,16-/m0/s1. The second kappa shape index (κ2) is 7.86. The van der Waals surface area contributed by atoms with Gasteiger partial charge in [-0.1, -0.05) is 18.2 Å². The van der Waals surface area contributed by atoms with E-state index < -0.39 is 6.10 Å². The Morgan fingerprint density at radius 2 is 1.58 bits per heavy atom. The van der Waals surface area contributed by atoms with Crippen LogP contribution in [0.5, 0.6) is 11.5 Å². The van der Waals surface area contributed by atoms with Crippen LogP contribution in [0.2, 0.25) is 0 Å². The summed E-state index contributed by atoms with van der Waals surface area (Å²) in [6, 6.07) is 13.4. The zero-order valence-corrected chi connectivity index (χ0v) is 14.9. The molecule has 0 aliphatic heterocycles. The Morgan fingerprint density at radius 3 is 2.17 bits per heavy atom. The predicted octanol–water partition coefficient (Wildman–Crippen LogP) is 3.96. The number of carbonyl (C=O) groups excluding carboxylic acids is 1. The summed E-state index contributed by atoms with van der Waals surface area (Å²) in [7, 11) is 1.63. The van der Waals surface area contributed by atoms with Crippen molar-refractivity contribution in [2.75, 3.05) is 7.11 Å². The molecule has 0 aliphatic carbocycles. The van der Waals surface area contributed by atoms with Gasteiger partial charge in [0.05, 0.1) is 13.2 Å². The highest BCUT2D eigenvalue weighted by molar-refractivity contribution is 5.81. The fraction of sp³-hybridized carbons (Fsp3) is 0.350. The number of nitrogens with one attached hydrogen (secondary N) is 1. The monoisotopic (exact) mass is 327 g/mol. The molecule has 128 valence electrons. The molecule has 0 radical (unpaired) electrons. The van der Waals surface area contributed by atoms with Gasteiger partial charge in [0.2, 0.25) is 0 Å². The Labute approximate surface area is 143 Å². The Bertz CT molecular complexity index is 695. The molecule has 4 nitrogen and oxygen atoms in total. The molecule has 0 saturated carbocycles. The third kappa shape index (κ3) is 4.51. The van der Waals surface area contributed by atoms with Crippen LogP contribution in [0.1, 0.15) is 36.6 Å². The minimum atomic E-state index is -0.562. The first-order valence-electron chi connectivity index (χ1n) is 8.09. The molecular weight excluding hydrogens is 302 g/mol. The molecule has 24 heavy (non-hydrogen) atoms. The molecule has 0 unspecified atom stereocenters. The number of amides is 1. The summed E-state index contributed by atoms with van der Waals surface area (Å²) in [5, 5.41) is 2.97. The topological polar surface area (TPSA) is 47.6 Å². The third-order valence-corrected chi connectivity index (χ3v) is 4.14. The molecule has 2 aromatic carbocycles. The van der Waals surface area contributed by atoms with Gasteiger partial charge in [-0.25, -0.2) is 0 Å². The van der Waals surface area contributed by atoms with Gasteiger partial charge in [-0.2, -0.15) is 0 Å². The van der Waals surface area contributed by atoms with Crippen molar-refractivity contribution in [2.24, 2.45) is 0 Å². The second-order valence-corrected chi connectivity index (χ2v) is 6.01. The summed E-state index contributed by atoms with van der Waals surface area (Å²) in [5.41, 5.74) is 3.36. The molecule has 0 heterocycles. The van der Waals surface area contributed by atoms with Crippen molar-refractivity contribution >= 4 is 5.91 Å². The van der Waals surface area contributed by atoms with Crippen LogP contribution in [-0.4, -0.2) is 19.1 Å². The van der Waals surface area contributed by atoms with E-state index in [-0.39, 0.29) is 11.9 Å². The molecule has 0 fully saturated rings. The number of benzene rings is 2. The summed E-state index contributed by atoms with van der Waals surface area (Å²) in [6.45, 7) is 7.78. The minimum Gasteiger partial charge on any atom is -0.497 e. The summed E-state index contributed by atoms with van der Waals surface area (Å²) in [5.74, 6) is 1.36. The molecule has 0 aliphatic rings. The van der Waals surface area contributed by atoms with Crippen molar-refractivity contribution < 1.29 is 14.3 Å². The van der Waals surface area contributed by atoms with Gasteiger partial charge >= 0.3 is 0 Å². The average Bonchev–Trinajstić information content (AvgIpc) is 2.58. The van der Waals surface area contributed by atoms with Crippen molar-refractivity contribution in [1.29, 1.82) is 0 Å². The number of ether oxygens (including phenoxy) is 2. The van der Waals surface area contributed by atoms with Crippen LogP contribution in [-0.2, 0) is 4.79 Å². The molecule has 0 saturated heterocycles. The van der Waals surface area contributed by atoms with E-state index in [4.69, 9.17) is 9.47 Å². The first kappa shape index (κ1) is 17.9. The highest BCUT2D eigenvalue weighted by Crippen LogP contribution is 2.19. The number of rotatable bonds is 6. The first-order valence-corrected chi connectivity index (χ1v) is 8.09. The molecule has 2 atom stereocenters. The van der Waals surface area contributed by atoms with Crippen molar-refractivity contribution in [2.45, 2.75) is 39.8 Å². The maximum absolute atomic E-state index is 12.3. The Balaban J connectivity index is 1.95. The van der Waals surface area contributed by atoms with Crippen LogP contribution in [0.25, 0.3) is 0 Å². The van der Waals surface area contributed by atoms with Crippen molar-refractivity contribution in [1.82, 2.24) is 5.32 Å². The van der Waals surface area contributed by atoms with E-state index in [1.807, 2.05) is 63.2 Å². The number of hydrogen-bond donors (Lipinski definition) is 1. The highest BCUT2D eigenvalue weighted by atomic mass is 16.5. The van der Waals surface area contributed by atoms with E-state index in [1.165, 1.54) is 5.56 Å². The molecule has 2 rings (SSSR count). The van der Waals surface area contributed by atoms with Gasteiger partial charge in [0, 0.05) is 0 Å². The maximum atomic E-state index is 12.3. The van der Waals surface area contributed by atoms with Gasteiger partial charge in [0.1, 0.15) is 11.5 Å². The van der Waals surface area contributed by atoms with Crippen molar-refractivity contribution in [3.63, 3.8) is 0 Å². The average molecular weight is 327 g/mol. The SMILES string of the molecule is COc1ccc([C@H](C)NC(=O)[C@H](C)Oc2ccc(C)c(C)c2)cc1. The zero-order chi connectivity index (χ0) is 17.7. The zero-order valence-electron chi connectivity index (χ0n) is 14.9. The van der Waals surface area contributed by atoms with Crippen LogP contribution in [0.15, 0.2) is 42.5 Å². The van der Waals surface area contributed by atoms with Gasteiger partial charge in [0.25, 0.3) is 5.91 Å². The van der Waals surface area contributed by atoms with Crippen molar-refractivity contribution in [3.05, 3.63) is 59.2 Å². The number of hydrogen-bond acceptors (Lipinski definition) is 3. The lowest BCUT2D eigenvalue weighted by Crippen LogP contribution is -2.37. The predicted molar refractivity (Wildman–Crippen MR) is 95.6 cm³/mol. The van der Waals surface area contributed by atoms with Gasteiger partial charge in [-0.05, 0) is 68.7 Å². The van der Waals surface area contributed by atoms with Crippen LogP contribution < -0.4 is 14.8 Å². The summed E-state index contributed by atoms with van der Waals surface area (Å²) >= 11 is 0. The smallest absolute Gasteiger partial charge is 0.261 e. The van der Waals surface area contributed by atoms with Gasteiger partial charge < -0.3 is 14.8 Å². The van der Waals surface area contributed by atoms with Gasteiger partial charge in [0.15, 0.2) is 6.10 Å². The summed E-state index contributed by atoms with van der Waals surface area (Å²) in [6.07, 6.45) is -0.562. The van der Waals surface area contributed by atoms with Crippen molar-refractivity contribution in [3.8, 4) is 11.5 Å². The van der Waals surface area contributed by atoms with E-state index in [2.05, 4.69) is 5.32 Å². The Morgan fingerprint density at radius 1 is 0.958 bits per heavy atom. The quantitative estimate of drug-likeness (QED) is 0.874. The molecule has 0 bridgehead atoms. The fourth-order valence-corrected chi connectivity index (χ4v) is 2.35. The van der Waals surface area contributed by atoms with Crippen LogP contribution in [0.3, 0.4) is 0 Å². The van der Waals surface area contributed by atoms with E-state index in [1.54, 1.807) is 14.0 Å². The number of methoxy groups -OCH3 is 1. The van der Waals surface area contributed by atoms with E-state index in [0.29, 0.717) is 5.75 Å². The molecule has 2 aromatic rings. The van der Waals surface area contributed by atoms with Crippen LogP contribution in [0.4, 0.5) is 0 Å². The first-order chi connectivity index (χ1) is 11.4. The molecule has 4 heteroatoms. The lowest BCUT2D eigenvalue weighted by Gasteiger charge is -2.19. The highest BCUT2D eigenvalue weighted by Gasteiger charge is 2.18. The molecule has 1 N–H and O–H groups in total. The summed E-state index contributed by atoms with van der Waals surface area (Å²) in [4.78, 5) is 12.3. The molecule has 0 spiro atoms. The Hall–Kier alpha value is -2.49. The Kier molecular flexibility index (Phi) is 5.85. The third-order valence-electron chi connectivity index (χ3n) is 4.14.